The van der Waals surface area contributed by atoms with Gasteiger partial charge in [-0.1, -0.05) is 12.7 Å². The minimum absolute atomic E-state index is 0.0405. The number of aromatic carboxylic acids is 1. The maximum atomic E-state index is 11.3. The summed E-state index contributed by atoms with van der Waals surface area (Å²) < 4.78 is 4.61. The van der Waals surface area contributed by atoms with Crippen LogP contribution in [0.25, 0.3) is 0 Å². The SMILES string of the molecule is C=CCOC(=O)Nc1ccc([N+](=O)[O-])cc1C(=O)O. The smallest absolute Gasteiger partial charge is 0.411 e. The van der Waals surface area contributed by atoms with Crippen LogP contribution in [0, 0.1) is 10.1 Å². The summed E-state index contributed by atoms with van der Waals surface area (Å²) in [6.07, 6.45) is 0.462. The Morgan fingerprint density at radius 1 is 1.53 bits per heavy atom. The number of amides is 1. The molecule has 0 aromatic heterocycles. The number of rotatable bonds is 5. The molecule has 0 aliphatic heterocycles. The van der Waals surface area contributed by atoms with Crippen molar-refractivity contribution in [2.45, 2.75) is 0 Å². The first-order valence-electron chi connectivity index (χ1n) is 5.02. The van der Waals surface area contributed by atoms with Gasteiger partial charge in [0.05, 0.1) is 16.2 Å². The molecule has 1 rings (SSSR count). The van der Waals surface area contributed by atoms with Crippen LogP contribution in [0.3, 0.4) is 0 Å². The van der Waals surface area contributed by atoms with Crippen LogP contribution in [-0.2, 0) is 4.74 Å². The van der Waals surface area contributed by atoms with E-state index in [0.29, 0.717) is 0 Å². The summed E-state index contributed by atoms with van der Waals surface area (Å²) >= 11 is 0. The Balaban J connectivity index is 3.00. The van der Waals surface area contributed by atoms with E-state index in [2.05, 4.69) is 16.6 Å². The summed E-state index contributed by atoms with van der Waals surface area (Å²) in [6, 6.07) is 3.05. The largest absolute Gasteiger partial charge is 0.478 e. The van der Waals surface area contributed by atoms with Gasteiger partial charge in [0.25, 0.3) is 5.69 Å². The predicted octanol–water partition coefficient (Wildman–Crippen LogP) is 2.03. The standard InChI is InChI=1S/C11H10N2O6/c1-2-5-19-11(16)12-9-4-3-7(13(17)18)6-8(9)10(14)15/h2-4,6H,1,5H2,(H,12,16)(H,14,15). The molecule has 0 radical (unpaired) electrons. The molecule has 0 heterocycles. The van der Waals surface area contributed by atoms with Gasteiger partial charge < -0.3 is 9.84 Å². The fourth-order valence-electron chi connectivity index (χ4n) is 1.21. The molecule has 8 nitrogen and oxygen atoms in total. The number of ether oxygens (including phenoxy) is 1. The molecular weight excluding hydrogens is 256 g/mol. The number of anilines is 1. The molecule has 0 unspecified atom stereocenters. The maximum Gasteiger partial charge on any atom is 0.411 e. The maximum absolute atomic E-state index is 11.3. The molecule has 1 aromatic rings. The van der Waals surface area contributed by atoms with Crippen molar-refractivity contribution in [1.82, 2.24) is 0 Å². The average Bonchev–Trinajstić information content (AvgIpc) is 2.36. The summed E-state index contributed by atoms with van der Waals surface area (Å²) in [6.45, 7) is 3.30. The molecule has 0 saturated carbocycles. The van der Waals surface area contributed by atoms with Gasteiger partial charge in [0.1, 0.15) is 6.61 Å². The molecule has 100 valence electrons. The van der Waals surface area contributed by atoms with Gasteiger partial charge in [0, 0.05) is 12.1 Å². The number of carboxylic acids is 1. The Bertz CT molecular complexity index is 540. The number of hydrogen-bond donors (Lipinski definition) is 2. The summed E-state index contributed by atoms with van der Waals surface area (Å²) in [5.41, 5.74) is -0.876. The van der Waals surface area contributed by atoms with Gasteiger partial charge in [0.2, 0.25) is 0 Å². The van der Waals surface area contributed by atoms with Crippen LogP contribution in [0.5, 0.6) is 0 Å². The lowest BCUT2D eigenvalue weighted by molar-refractivity contribution is -0.384. The van der Waals surface area contributed by atoms with Crippen LogP contribution in [0.4, 0.5) is 16.2 Å². The number of nitrogens with zero attached hydrogens (tertiary/aromatic N) is 1. The van der Waals surface area contributed by atoms with Crippen LogP contribution >= 0.6 is 0 Å². The van der Waals surface area contributed by atoms with Crippen molar-refractivity contribution in [1.29, 1.82) is 0 Å². The molecule has 0 aliphatic carbocycles. The van der Waals surface area contributed by atoms with Gasteiger partial charge in [-0.2, -0.15) is 0 Å². The van der Waals surface area contributed by atoms with Gasteiger partial charge in [-0.25, -0.2) is 9.59 Å². The van der Waals surface area contributed by atoms with Crippen molar-refractivity contribution in [2.75, 3.05) is 11.9 Å². The Morgan fingerprint density at radius 3 is 2.74 bits per heavy atom. The van der Waals surface area contributed by atoms with Crippen LogP contribution in [0.1, 0.15) is 10.4 Å². The fourth-order valence-corrected chi connectivity index (χ4v) is 1.21. The highest BCUT2D eigenvalue weighted by atomic mass is 16.6. The van der Waals surface area contributed by atoms with Crippen LogP contribution < -0.4 is 5.32 Å². The fraction of sp³-hybridized carbons (Fsp3) is 0.0909. The van der Waals surface area contributed by atoms with E-state index in [0.717, 1.165) is 18.2 Å². The molecule has 0 atom stereocenters. The zero-order chi connectivity index (χ0) is 14.4. The predicted molar refractivity (Wildman–Crippen MR) is 65.2 cm³/mol. The number of nitro groups is 1. The lowest BCUT2D eigenvalue weighted by atomic mass is 10.1. The molecule has 0 saturated heterocycles. The zero-order valence-electron chi connectivity index (χ0n) is 9.66. The Kier molecular flexibility index (Phi) is 4.58. The number of benzene rings is 1. The van der Waals surface area contributed by atoms with Gasteiger partial charge >= 0.3 is 12.1 Å². The van der Waals surface area contributed by atoms with Gasteiger partial charge in [0.15, 0.2) is 0 Å². The molecule has 1 amide bonds. The molecule has 0 bridgehead atoms. The normalized spacial score (nSPS) is 9.47. The van der Waals surface area contributed by atoms with Crippen molar-refractivity contribution in [3.63, 3.8) is 0 Å². The van der Waals surface area contributed by atoms with Crippen molar-refractivity contribution >= 4 is 23.4 Å². The third kappa shape index (κ3) is 3.80. The molecule has 19 heavy (non-hydrogen) atoms. The third-order valence-electron chi connectivity index (χ3n) is 2.01. The van der Waals surface area contributed by atoms with Crippen LogP contribution in [0.15, 0.2) is 30.9 Å². The second kappa shape index (κ2) is 6.15. The van der Waals surface area contributed by atoms with E-state index >= 15 is 0 Å². The number of non-ortho nitro benzene ring substituents is 1. The van der Waals surface area contributed by atoms with Crippen molar-refractivity contribution in [2.24, 2.45) is 0 Å². The van der Waals surface area contributed by atoms with E-state index in [4.69, 9.17) is 5.11 Å². The van der Waals surface area contributed by atoms with E-state index in [1.165, 1.54) is 6.08 Å². The highest BCUT2D eigenvalue weighted by Gasteiger charge is 2.17. The lowest BCUT2D eigenvalue weighted by Crippen LogP contribution is -2.16. The van der Waals surface area contributed by atoms with E-state index < -0.39 is 22.5 Å². The molecular formula is C11H10N2O6. The zero-order valence-corrected chi connectivity index (χ0v) is 9.66. The second-order valence-electron chi connectivity index (χ2n) is 3.30. The van der Waals surface area contributed by atoms with Crippen LogP contribution in [-0.4, -0.2) is 28.7 Å². The Morgan fingerprint density at radius 2 is 2.21 bits per heavy atom. The lowest BCUT2D eigenvalue weighted by Gasteiger charge is -2.08. The molecule has 2 N–H and O–H groups in total. The molecule has 1 aromatic carbocycles. The number of carbonyl (C=O) groups is 2. The molecule has 0 spiro atoms. The van der Waals surface area contributed by atoms with Crippen molar-refractivity contribution in [3.8, 4) is 0 Å². The Hall–Kier alpha value is -2.90. The van der Waals surface area contributed by atoms with E-state index in [1.807, 2.05) is 0 Å². The van der Waals surface area contributed by atoms with E-state index in [9.17, 15) is 19.7 Å². The number of nitrogens with one attached hydrogen (secondary N) is 1. The molecule has 0 aliphatic rings. The highest BCUT2D eigenvalue weighted by molar-refractivity contribution is 5.99. The number of carbonyl (C=O) groups excluding carboxylic acids is 1. The monoisotopic (exact) mass is 266 g/mol. The first-order valence-corrected chi connectivity index (χ1v) is 5.02. The minimum atomic E-state index is -1.40. The summed E-state index contributed by atoms with van der Waals surface area (Å²) in [4.78, 5) is 32.0. The van der Waals surface area contributed by atoms with Gasteiger partial charge in [-0.15, -0.1) is 0 Å². The van der Waals surface area contributed by atoms with Gasteiger partial charge in [-0.3, -0.25) is 15.4 Å². The highest BCUT2D eigenvalue weighted by Crippen LogP contribution is 2.22. The topological polar surface area (TPSA) is 119 Å². The first kappa shape index (κ1) is 14.2. The second-order valence-corrected chi connectivity index (χ2v) is 3.30. The molecule has 8 heteroatoms. The van der Waals surface area contributed by atoms with Gasteiger partial charge in [-0.05, 0) is 6.07 Å². The van der Waals surface area contributed by atoms with E-state index in [-0.39, 0.29) is 18.0 Å². The van der Waals surface area contributed by atoms with Crippen molar-refractivity contribution in [3.05, 3.63) is 46.5 Å². The number of carboxylic acid groups (broad SMARTS) is 1. The summed E-state index contributed by atoms with van der Waals surface area (Å²) in [5, 5.41) is 21.7. The van der Waals surface area contributed by atoms with Crippen LogP contribution in [0.2, 0.25) is 0 Å². The average molecular weight is 266 g/mol. The third-order valence-corrected chi connectivity index (χ3v) is 2.01. The minimum Gasteiger partial charge on any atom is -0.478 e. The quantitative estimate of drug-likeness (QED) is 0.478. The number of hydrogen-bond acceptors (Lipinski definition) is 5. The van der Waals surface area contributed by atoms with E-state index in [1.54, 1.807) is 0 Å². The Labute approximate surface area is 107 Å². The number of nitro benzene ring substituents is 1. The summed E-state index contributed by atoms with van der Waals surface area (Å²) in [5.74, 6) is -1.40. The summed E-state index contributed by atoms with van der Waals surface area (Å²) in [7, 11) is 0. The van der Waals surface area contributed by atoms with Crippen molar-refractivity contribution < 1.29 is 24.4 Å². The first-order chi connectivity index (χ1) is 8.95. The molecule has 0 fully saturated rings.